The van der Waals surface area contributed by atoms with Crippen molar-refractivity contribution >= 4 is 17.2 Å². The van der Waals surface area contributed by atoms with Crippen molar-refractivity contribution in [2.75, 3.05) is 0 Å². The molecule has 0 spiro atoms. The Morgan fingerprint density at radius 2 is 1.76 bits per heavy atom. The Bertz CT molecular complexity index is 1010. The van der Waals surface area contributed by atoms with E-state index in [0.29, 0.717) is 6.61 Å². The number of hydrogen-bond acceptors (Lipinski definition) is 2. The van der Waals surface area contributed by atoms with Crippen LogP contribution in [-0.4, -0.2) is 9.38 Å². The van der Waals surface area contributed by atoms with E-state index in [0.717, 1.165) is 38.9 Å². The molecular formula is C21H17ClN2O. The van der Waals surface area contributed by atoms with Crippen molar-refractivity contribution in [1.29, 1.82) is 0 Å². The number of halogens is 1. The minimum atomic E-state index is 0.543. The smallest absolute Gasteiger partial charge is 0.141 e. The molecule has 0 unspecified atom stereocenters. The second-order valence-electron chi connectivity index (χ2n) is 5.97. The number of fused-ring (bicyclic) bond motifs is 1. The van der Waals surface area contributed by atoms with Crippen LogP contribution >= 0.6 is 11.6 Å². The van der Waals surface area contributed by atoms with Crippen LogP contribution in [0.3, 0.4) is 0 Å². The second-order valence-corrected chi connectivity index (χ2v) is 6.40. The van der Waals surface area contributed by atoms with Gasteiger partial charge in [-0.2, -0.15) is 0 Å². The first-order chi connectivity index (χ1) is 12.2. The third-order valence-corrected chi connectivity index (χ3v) is 4.38. The molecule has 2 aromatic heterocycles. The second kappa shape index (κ2) is 6.61. The van der Waals surface area contributed by atoms with Gasteiger partial charge < -0.3 is 9.14 Å². The highest BCUT2D eigenvalue weighted by atomic mass is 35.5. The molecular weight excluding hydrogens is 332 g/mol. The van der Waals surface area contributed by atoms with Crippen LogP contribution in [0.4, 0.5) is 0 Å². The summed E-state index contributed by atoms with van der Waals surface area (Å²) in [6, 6.07) is 21.9. The maximum Gasteiger partial charge on any atom is 0.141 e. The van der Waals surface area contributed by atoms with Gasteiger partial charge in [0, 0.05) is 28.5 Å². The molecule has 0 amide bonds. The molecule has 0 saturated carbocycles. The van der Waals surface area contributed by atoms with Gasteiger partial charge in [-0.1, -0.05) is 54.1 Å². The lowest BCUT2D eigenvalue weighted by molar-refractivity contribution is 0.306. The van der Waals surface area contributed by atoms with Crippen molar-refractivity contribution in [1.82, 2.24) is 9.38 Å². The Hall–Kier alpha value is -2.78. The third-order valence-electron chi connectivity index (χ3n) is 4.12. The minimum Gasteiger partial charge on any atom is -0.489 e. The van der Waals surface area contributed by atoms with Crippen molar-refractivity contribution in [2.45, 2.75) is 13.5 Å². The van der Waals surface area contributed by atoms with E-state index in [1.807, 2.05) is 60.8 Å². The Kier molecular flexibility index (Phi) is 4.16. The Labute approximate surface area is 151 Å². The number of aromatic nitrogens is 2. The highest BCUT2D eigenvalue weighted by Crippen LogP contribution is 2.25. The predicted octanol–water partition coefficient (Wildman–Crippen LogP) is 5.54. The van der Waals surface area contributed by atoms with Gasteiger partial charge in [0.2, 0.25) is 0 Å². The van der Waals surface area contributed by atoms with E-state index in [4.69, 9.17) is 21.3 Å². The summed E-state index contributed by atoms with van der Waals surface area (Å²) in [7, 11) is 0. The van der Waals surface area contributed by atoms with Crippen LogP contribution in [0.2, 0.25) is 5.02 Å². The lowest BCUT2D eigenvalue weighted by atomic mass is 10.2. The molecule has 4 rings (SSSR count). The molecule has 0 radical (unpaired) electrons. The fourth-order valence-electron chi connectivity index (χ4n) is 2.81. The molecule has 124 valence electrons. The summed E-state index contributed by atoms with van der Waals surface area (Å²) in [5, 5.41) is 0.722. The number of pyridine rings is 1. The fraction of sp³-hybridized carbons (Fsp3) is 0.0952. The molecule has 0 aliphatic carbocycles. The molecule has 0 fully saturated rings. The molecule has 2 heterocycles. The van der Waals surface area contributed by atoms with Crippen LogP contribution in [0.5, 0.6) is 5.75 Å². The lowest BCUT2D eigenvalue weighted by Crippen LogP contribution is -1.97. The Morgan fingerprint density at radius 1 is 1.00 bits per heavy atom. The molecule has 4 aromatic rings. The zero-order chi connectivity index (χ0) is 17.2. The molecule has 3 nitrogen and oxygen atoms in total. The zero-order valence-electron chi connectivity index (χ0n) is 13.8. The largest absolute Gasteiger partial charge is 0.489 e. The number of imidazole rings is 1. The molecule has 0 N–H and O–H groups in total. The summed E-state index contributed by atoms with van der Waals surface area (Å²) < 4.78 is 8.01. The number of nitrogens with zero attached hydrogens (tertiary/aromatic N) is 2. The minimum absolute atomic E-state index is 0.543. The van der Waals surface area contributed by atoms with Crippen molar-refractivity contribution < 1.29 is 4.74 Å². The van der Waals surface area contributed by atoms with E-state index in [9.17, 15) is 0 Å². The van der Waals surface area contributed by atoms with Gasteiger partial charge in [0.25, 0.3) is 0 Å². The first-order valence-electron chi connectivity index (χ1n) is 8.11. The topological polar surface area (TPSA) is 26.5 Å². The van der Waals surface area contributed by atoms with Gasteiger partial charge in [0.05, 0.1) is 5.69 Å². The highest BCUT2D eigenvalue weighted by Gasteiger charge is 2.08. The van der Waals surface area contributed by atoms with Crippen LogP contribution < -0.4 is 4.74 Å². The van der Waals surface area contributed by atoms with Crippen LogP contribution in [0.25, 0.3) is 16.9 Å². The SMILES string of the molecule is Cc1cc(OCc2ccccc2)cc2nc(-c3ccc(Cl)cc3)cn12. The van der Waals surface area contributed by atoms with E-state index in [1.165, 1.54) is 0 Å². The molecule has 0 atom stereocenters. The van der Waals surface area contributed by atoms with Crippen LogP contribution in [-0.2, 0) is 6.61 Å². The van der Waals surface area contributed by atoms with E-state index >= 15 is 0 Å². The van der Waals surface area contributed by atoms with Crippen molar-refractivity contribution in [3.63, 3.8) is 0 Å². The van der Waals surface area contributed by atoms with Crippen LogP contribution in [0.15, 0.2) is 72.9 Å². The van der Waals surface area contributed by atoms with Crippen LogP contribution in [0, 0.1) is 6.92 Å². The summed E-state index contributed by atoms with van der Waals surface area (Å²) in [5.74, 6) is 0.821. The van der Waals surface area contributed by atoms with Crippen molar-refractivity contribution in [3.05, 3.63) is 89.2 Å². The van der Waals surface area contributed by atoms with E-state index < -0.39 is 0 Å². The number of ether oxygens (including phenoxy) is 1. The number of hydrogen-bond donors (Lipinski definition) is 0. The standard InChI is InChI=1S/C21H17ClN2O/c1-15-11-19(25-14-16-5-3-2-4-6-16)12-21-23-20(13-24(15)21)17-7-9-18(22)10-8-17/h2-13H,14H2,1H3. The number of benzene rings is 2. The summed E-state index contributed by atoms with van der Waals surface area (Å²) in [6.45, 7) is 2.59. The Balaban J connectivity index is 1.63. The first-order valence-corrected chi connectivity index (χ1v) is 8.49. The quantitative estimate of drug-likeness (QED) is 0.484. The summed E-state index contributed by atoms with van der Waals surface area (Å²) in [4.78, 5) is 4.73. The third kappa shape index (κ3) is 3.37. The van der Waals surface area contributed by atoms with E-state index in [2.05, 4.69) is 23.5 Å². The predicted molar refractivity (Wildman–Crippen MR) is 101 cm³/mol. The highest BCUT2D eigenvalue weighted by molar-refractivity contribution is 6.30. The van der Waals surface area contributed by atoms with Gasteiger partial charge in [0.15, 0.2) is 0 Å². The zero-order valence-corrected chi connectivity index (χ0v) is 14.6. The summed E-state index contributed by atoms with van der Waals surface area (Å²) >= 11 is 5.97. The Morgan fingerprint density at radius 3 is 2.52 bits per heavy atom. The number of rotatable bonds is 4. The average Bonchev–Trinajstić information content (AvgIpc) is 3.06. The molecule has 0 aliphatic heterocycles. The maximum absolute atomic E-state index is 5.97. The molecule has 0 bridgehead atoms. The van der Waals surface area contributed by atoms with Crippen molar-refractivity contribution in [2.24, 2.45) is 0 Å². The maximum atomic E-state index is 5.97. The van der Waals surface area contributed by atoms with Crippen molar-refractivity contribution in [3.8, 4) is 17.0 Å². The normalized spacial score (nSPS) is 11.0. The molecule has 4 heteroatoms. The van der Waals surface area contributed by atoms with Gasteiger partial charge in [0.1, 0.15) is 18.0 Å². The number of aryl methyl sites for hydroxylation is 1. The average molecular weight is 349 g/mol. The summed E-state index contributed by atoms with van der Waals surface area (Å²) in [5.41, 5.74) is 5.05. The lowest BCUT2D eigenvalue weighted by Gasteiger charge is -2.08. The molecule has 25 heavy (non-hydrogen) atoms. The summed E-state index contributed by atoms with van der Waals surface area (Å²) in [6.07, 6.45) is 2.04. The molecule has 2 aromatic carbocycles. The molecule has 0 saturated heterocycles. The van der Waals surface area contributed by atoms with E-state index in [1.54, 1.807) is 0 Å². The monoisotopic (exact) mass is 348 g/mol. The van der Waals surface area contributed by atoms with Crippen LogP contribution in [0.1, 0.15) is 11.3 Å². The van der Waals surface area contributed by atoms with Gasteiger partial charge in [-0.15, -0.1) is 0 Å². The van der Waals surface area contributed by atoms with Gasteiger partial charge in [-0.25, -0.2) is 4.98 Å². The molecule has 0 aliphatic rings. The first kappa shape index (κ1) is 15.7. The van der Waals surface area contributed by atoms with Gasteiger partial charge >= 0.3 is 0 Å². The fourth-order valence-corrected chi connectivity index (χ4v) is 2.93. The van der Waals surface area contributed by atoms with Gasteiger partial charge in [-0.05, 0) is 30.7 Å². The van der Waals surface area contributed by atoms with E-state index in [-0.39, 0.29) is 0 Å². The van der Waals surface area contributed by atoms with Gasteiger partial charge in [-0.3, -0.25) is 0 Å².